The fourth-order valence-electron chi connectivity index (χ4n) is 3.48. The van der Waals surface area contributed by atoms with Crippen LogP contribution in [0.3, 0.4) is 0 Å². The van der Waals surface area contributed by atoms with E-state index in [1.807, 2.05) is 41.7 Å². The molecule has 0 unspecified atom stereocenters. The lowest BCUT2D eigenvalue weighted by atomic mass is 10.0. The molecule has 2 aliphatic heterocycles. The van der Waals surface area contributed by atoms with Crippen LogP contribution in [0.25, 0.3) is 0 Å². The van der Waals surface area contributed by atoms with Crippen molar-refractivity contribution in [2.75, 3.05) is 29.6 Å². The van der Waals surface area contributed by atoms with Crippen molar-refractivity contribution < 1.29 is 13.9 Å². The number of carbonyl (C=O) groups excluding carboxylic acids is 1. The number of anilines is 1. The highest BCUT2D eigenvalue weighted by molar-refractivity contribution is 8.16. The van der Waals surface area contributed by atoms with Crippen LogP contribution in [-0.2, 0) is 11.2 Å². The van der Waals surface area contributed by atoms with Crippen LogP contribution in [0.15, 0.2) is 42.5 Å². The SMILES string of the molecule is O=C(COc1ccc(C2SCCCS2)cc1)N1CCCc2cccc(F)c21. The molecule has 3 nitrogen and oxygen atoms in total. The van der Waals surface area contributed by atoms with E-state index in [1.54, 1.807) is 6.07 Å². The van der Waals surface area contributed by atoms with Crippen LogP contribution in [0.4, 0.5) is 10.1 Å². The lowest BCUT2D eigenvalue weighted by Gasteiger charge is -2.29. The molecule has 0 N–H and O–H groups in total. The van der Waals surface area contributed by atoms with Crippen LogP contribution in [0, 0.1) is 5.82 Å². The number of thioether (sulfide) groups is 2. The number of hydrogen-bond donors (Lipinski definition) is 0. The molecule has 2 aliphatic rings. The molecule has 2 aromatic carbocycles. The first-order chi connectivity index (χ1) is 13.2. The standard InChI is InChI=1S/C21H22FNO2S2/c22-18-6-1-4-15-5-2-11-23(20(15)18)19(24)14-25-17-9-7-16(8-10-17)21-26-12-3-13-27-21/h1,4,6-10,21H,2-3,5,11-14H2. The van der Waals surface area contributed by atoms with E-state index in [2.05, 4.69) is 12.1 Å². The van der Waals surface area contributed by atoms with Gasteiger partial charge in [-0.2, -0.15) is 0 Å². The Balaban J connectivity index is 1.39. The van der Waals surface area contributed by atoms with Gasteiger partial charge in [-0.1, -0.05) is 24.3 Å². The monoisotopic (exact) mass is 403 g/mol. The molecule has 0 radical (unpaired) electrons. The van der Waals surface area contributed by atoms with Crippen LogP contribution >= 0.6 is 23.5 Å². The maximum atomic E-state index is 14.2. The summed E-state index contributed by atoms with van der Waals surface area (Å²) in [6.45, 7) is 0.450. The zero-order chi connectivity index (χ0) is 18.6. The molecule has 0 spiro atoms. The Kier molecular flexibility index (Phi) is 5.93. The van der Waals surface area contributed by atoms with Gasteiger partial charge in [-0.25, -0.2) is 4.39 Å². The number of amides is 1. The summed E-state index contributed by atoms with van der Waals surface area (Å²) in [5.41, 5.74) is 2.59. The van der Waals surface area contributed by atoms with Gasteiger partial charge in [0.05, 0.1) is 10.3 Å². The van der Waals surface area contributed by atoms with Crippen molar-refractivity contribution in [3.05, 3.63) is 59.4 Å². The normalized spacial score (nSPS) is 17.4. The van der Waals surface area contributed by atoms with Gasteiger partial charge in [0.15, 0.2) is 6.61 Å². The summed E-state index contributed by atoms with van der Waals surface area (Å²) in [6.07, 6.45) is 2.92. The number of fused-ring (bicyclic) bond motifs is 1. The number of rotatable bonds is 4. The molecular weight excluding hydrogens is 381 g/mol. The van der Waals surface area contributed by atoms with Crippen molar-refractivity contribution in [3.63, 3.8) is 0 Å². The molecule has 2 aromatic rings. The van der Waals surface area contributed by atoms with E-state index in [0.717, 1.165) is 18.4 Å². The number of ether oxygens (including phenoxy) is 1. The summed E-state index contributed by atoms with van der Waals surface area (Å²) in [5.74, 6) is 2.54. The van der Waals surface area contributed by atoms with Gasteiger partial charge >= 0.3 is 0 Å². The predicted octanol–water partition coefficient (Wildman–Crippen LogP) is 5.05. The molecule has 1 fully saturated rings. The van der Waals surface area contributed by atoms with Gasteiger partial charge in [0, 0.05) is 6.54 Å². The first kappa shape index (κ1) is 18.7. The summed E-state index contributed by atoms with van der Waals surface area (Å²) in [4.78, 5) is 14.2. The van der Waals surface area contributed by atoms with Gasteiger partial charge < -0.3 is 9.64 Å². The first-order valence-corrected chi connectivity index (χ1v) is 11.4. The van der Waals surface area contributed by atoms with Gasteiger partial charge in [0.1, 0.15) is 11.6 Å². The van der Waals surface area contributed by atoms with E-state index >= 15 is 0 Å². The summed E-state index contributed by atoms with van der Waals surface area (Å²) in [7, 11) is 0. The van der Waals surface area contributed by atoms with E-state index in [1.165, 1.54) is 34.5 Å². The van der Waals surface area contributed by atoms with E-state index in [0.29, 0.717) is 22.6 Å². The molecule has 0 aliphatic carbocycles. The minimum atomic E-state index is -0.340. The Morgan fingerprint density at radius 3 is 2.67 bits per heavy atom. The second-order valence-electron chi connectivity index (χ2n) is 6.68. The van der Waals surface area contributed by atoms with Crippen molar-refractivity contribution in [1.82, 2.24) is 0 Å². The first-order valence-electron chi connectivity index (χ1n) is 9.26. The highest BCUT2D eigenvalue weighted by atomic mass is 32.2. The highest BCUT2D eigenvalue weighted by Gasteiger charge is 2.25. The maximum absolute atomic E-state index is 14.2. The maximum Gasteiger partial charge on any atom is 0.265 e. The lowest BCUT2D eigenvalue weighted by Crippen LogP contribution is -2.39. The molecule has 6 heteroatoms. The van der Waals surface area contributed by atoms with Gasteiger partial charge in [-0.15, -0.1) is 23.5 Å². The van der Waals surface area contributed by atoms with E-state index < -0.39 is 0 Å². The molecule has 0 aromatic heterocycles. The molecule has 1 saturated heterocycles. The van der Waals surface area contributed by atoms with Crippen LogP contribution in [0.2, 0.25) is 0 Å². The van der Waals surface area contributed by atoms with E-state index in [4.69, 9.17) is 4.74 Å². The quantitative estimate of drug-likeness (QED) is 0.714. The molecule has 2 heterocycles. The Bertz CT molecular complexity index is 806. The third-order valence-corrected chi connectivity index (χ3v) is 7.83. The molecule has 27 heavy (non-hydrogen) atoms. The molecule has 0 bridgehead atoms. The van der Waals surface area contributed by atoms with Crippen molar-refractivity contribution in [2.45, 2.75) is 23.8 Å². The van der Waals surface area contributed by atoms with E-state index in [-0.39, 0.29) is 18.3 Å². The summed E-state index contributed by atoms with van der Waals surface area (Å²) >= 11 is 3.96. The predicted molar refractivity (Wildman–Crippen MR) is 111 cm³/mol. The largest absolute Gasteiger partial charge is 0.484 e. The van der Waals surface area contributed by atoms with Gasteiger partial charge in [-0.3, -0.25) is 4.79 Å². The Morgan fingerprint density at radius 2 is 1.89 bits per heavy atom. The summed E-state index contributed by atoms with van der Waals surface area (Å²) in [6, 6.07) is 13.0. The van der Waals surface area contributed by atoms with Crippen molar-refractivity contribution in [1.29, 1.82) is 0 Å². The van der Waals surface area contributed by atoms with Crippen LogP contribution in [-0.4, -0.2) is 30.6 Å². The fourth-order valence-corrected chi connectivity index (χ4v) is 6.37. The number of carbonyl (C=O) groups is 1. The lowest BCUT2D eigenvalue weighted by molar-refractivity contribution is -0.120. The van der Waals surface area contributed by atoms with Crippen molar-refractivity contribution in [2.24, 2.45) is 0 Å². The number of halogens is 1. The van der Waals surface area contributed by atoms with Gasteiger partial charge in [-0.05, 0) is 60.1 Å². The zero-order valence-corrected chi connectivity index (χ0v) is 16.7. The molecular formula is C21H22FNO2S2. The highest BCUT2D eigenvalue weighted by Crippen LogP contribution is 2.43. The molecule has 142 valence electrons. The third kappa shape index (κ3) is 4.27. The number of nitrogens with zero attached hydrogens (tertiary/aromatic N) is 1. The topological polar surface area (TPSA) is 29.5 Å². The van der Waals surface area contributed by atoms with Gasteiger partial charge in [0.2, 0.25) is 0 Å². The Morgan fingerprint density at radius 1 is 1.11 bits per heavy atom. The van der Waals surface area contributed by atoms with Crippen LogP contribution in [0.1, 0.15) is 28.6 Å². The number of hydrogen-bond acceptors (Lipinski definition) is 4. The van der Waals surface area contributed by atoms with Crippen molar-refractivity contribution in [3.8, 4) is 5.75 Å². The summed E-state index contributed by atoms with van der Waals surface area (Å²) in [5, 5.41) is 0. The average molecular weight is 404 g/mol. The summed E-state index contributed by atoms with van der Waals surface area (Å²) < 4.78 is 20.4. The van der Waals surface area contributed by atoms with Gasteiger partial charge in [0.25, 0.3) is 5.91 Å². The van der Waals surface area contributed by atoms with Crippen LogP contribution < -0.4 is 9.64 Å². The molecule has 0 atom stereocenters. The van der Waals surface area contributed by atoms with Crippen molar-refractivity contribution >= 4 is 35.1 Å². The second kappa shape index (κ2) is 8.57. The number of para-hydroxylation sites is 1. The number of aryl methyl sites for hydroxylation is 1. The fraction of sp³-hybridized carbons (Fsp3) is 0.381. The minimum Gasteiger partial charge on any atom is -0.484 e. The molecule has 1 amide bonds. The number of benzene rings is 2. The minimum absolute atomic E-state index is 0.0833. The third-order valence-electron chi connectivity index (χ3n) is 4.81. The molecule has 0 saturated carbocycles. The smallest absolute Gasteiger partial charge is 0.265 e. The Labute approximate surface area is 167 Å². The zero-order valence-electron chi connectivity index (χ0n) is 15.0. The second-order valence-corrected chi connectivity index (χ2v) is 9.41. The van der Waals surface area contributed by atoms with E-state index in [9.17, 15) is 9.18 Å². The van der Waals surface area contributed by atoms with Crippen LogP contribution in [0.5, 0.6) is 5.75 Å². The Hall–Kier alpha value is -1.66. The molecule has 4 rings (SSSR count). The average Bonchev–Trinajstić information content (AvgIpc) is 2.73.